The van der Waals surface area contributed by atoms with Crippen LogP contribution in [0.25, 0.3) is 5.69 Å². The van der Waals surface area contributed by atoms with E-state index in [0.717, 1.165) is 12.1 Å². The van der Waals surface area contributed by atoms with Crippen LogP contribution < -0.4 is 0 Å². The topological polar surface area (TPSA) is 31.2 Å². The molecule has 0 aliphatic rings. The zero-order valence-corrected chi connectivity index (χ0v) is 14.6. The van der Waals surface area contributed by atoms with Gasteiger partial charge >= 0.3 is 12.1 Å². The molecule has 2 aromatic rings. The molecule has 0 unspecified atom stereocenters. The van der Waals surface area contributed by atoms with Crippen LogP contribution in [-0.4, -0.2) is 17.1 Å². The lowest BCUT2D eigenvalue weighted by Gasteiger charge is -2.16. The zero-order chi connectivity index (χ0) is 18.2. The maximum atomic E-state index is 12.9. The molecule has 0 amide bonds. The second-order valence-electron chi connectivity index (χ2n) is 5.13. The fourth-order valence-electron chi connectivity index (χ4n) is 2.47. The molecule has 2 rings (SSSR count). The molecule has 0 bridgehead atoms. The second-order valence-corrected chi connectivity index (χ2v) is 5.94. The predicted molar refractivity (Wildman–Crippen MR) is 86.2 cm³/mol. The van der Waals surface area contributed by atoms with Crippen molar-refractivity contribution in [1.29, 1.82) is 0 Å². The Morgan fingerprint density at radius 2 is 1.71 bits per heavy atom. The summed E-state index contributed by atoms with van der Waals surface area (Å²) >= 11 is 12.1. The van der Waals surface area contributed by atoms with Gasteiger partial charge in [-0.2, -0.15) is 13.2 Å². The molecule has 0 spiro atoms. The minimum absolute atomic E-state index is 0.160. The summed E-state index contributed by atoms with van der Waals surface area (Å²) in [7, 11) is 0. The maximum absolute atomic E-state index is 12.9. The number of hydrogen-bond acceptors (Lipinski definition) is 2. The van der Waals surface area contributed by atoms with E-state index in [-0.39, 0.29) is 22.3 Å². The summed E-state index contributed by atoms with van der Waals surface area (Å²) in [6.07, 6.45) is -4.55. The quantitative estimate of drug-likeness (QED) is 0.650. The van der Waals surface area contributed by atoms with Gasteiger partial charge < -0.3 is 9.30 Å². The number of hydrogen-bond donors (Lipinski definition) is 0. The fourth-order valence-corrected chi connectivity index (χ4v) is 3.12. The van der Waals surface area contributed by atoms with Crippen LogP contribution in [0.1, 0.15) is 34.2 Å². The molecule has 0 N–H and O–H groups in total. The molecular weight excluding hydrogens is 366 g/mol. The van der Waals surface area contributed by atoms with Crippen molar-refractivity contribution in [3.05, 3.63) is 50.8 Å². The summed E-state index contributed by atoms with van der Waals surface area (Å²) in [5.41, 5.74) is 0.640. The summed E-state index contributed by atoms with van der Waals surface area (Å²) < 4.78 is 45.1. The van der Waals surface area contributed by atoms with E-state index in [1.165, 1.54) is 4.57 Å². The highest BCUT2D eigenvalue weighted by Gasteiger charge is 2.32. The Hall–Kier alpha value is -1.66. The Balaban J connectivity index is 2.64. The van der Waals surface area contributed by atoms with Crippen molar-refractivity contribution in [3.63, 3.8) is 0 Å². The first kappa shape index (κ1) is 18.7. The number of rotatable bonds is 3. The van der Waals surface area contributed by atoms with Crippen LogP contribution in [0.2, 0.25) is 10.0 Å². The molecule has 1 aromatic carbocycles. The van der Waals surface area contributed by atoms with Gasteiger partial charge in [0.15, 0.2) is 0 Å². The van der Waals surface area contributed by atoms with Gasteiger partial charge in [-0.15, -0.1) is 0 Å². The number of ether oxygens (including phenoxy) is 1. The first-order valence-electron chi connectivity index (χ1n) is 7.00. The Bertz CT molecular complexity index is 774. The molecule has 8 heteroatoms. The van der Waals surface area contributed by atoms with Gasteiger partial charge in [0, 0.05) is 11.4 Å². The van der Waals surface area contributed by atoms with E-state index in [4.69, 9.17) is 27.9 Å². The minimum Gasteiger partial charge on any atom is -0.462 e. The van der Waals surface area contributed by atoms with Gasteiger partial charge in [0.2, 0.25) is 0 Å². The van der Waals surface area contributed by atoms with Crippen LogP contribution >= 0.6 is 23.2 Å². The van der Waals surface area contributed by atoms with Crippen molar-refractivity contribution < 1.29 is 22.7 Å². The molecule has 0 aliphatic heterocycles. The largest absolute Gasteiger partial charge is 0.462 e. The lowest BCUT2D eigenvalue weighted by Crippen LogP contribution is -2.09. The van der Waals surface area contributed by atoms with Crippen molar-refractivity contribution in [2.45, 2.75) is 26.9 Å². The van der Waals surface area contributed by atoms with Crippen molar-refractivity contribution in [1.82, 2.24) is 4.57 Å². The number of nitrogens with zero attached hydrogens (tertiary/aromatic N) is 1. The standard InChI is InChI=1S/C16H14Cl2F3NO2/c1-4-24-15(23)11-5-8(2)22(9(11)3)14-12(17)6-10(7-13(14)18)16(19,20)21/h5-7H,4H2,1-3H3. The third kappa shape index (κ3) is 3.39. The molecule has 0 fully saturated rings. The van der Waals surface area contributed by atoms with Crippen molar-refractivity contribution in [3.8, 4) is 5.69 Å². The summed E-state index contributed by atoms with van der Waals surface area (Å²) in [6, 6.07) is 3.20. The molecule has 0 saturated carbocycles. The number of aromatic nitrogens is 1. The van der Waals surface area contributed by atoms with Gasteiger partial charge in [-0.3, -0.25) is 0 Å². The molecular formula is C16H14Cl2F3NO2. The molecule has 130 valence electrons. The van der Waals surface area contributed by atoms with Crippen molar-refractivity contribution in [2.24, 2.45) is 0 Å². The van der Waals surface area contributed by atoms with E-state index in [2.05, 4.69) is 0 Å². The Morgan fingerprint density at radius 3 is 2.17 bits per heavy atom. The second kappa shape index (κ2) is 6.69. The Kier molecular flexibility index (Phi) is 5.20. The van der Waals surface area contributed by atoms with Gasteiger partial charge in [0.1, 0.15) is 0 Å². The van der Waals surface area contributed by atoms with Crippen LogP contribution in [0.15, 0.2) is 18.2 Å². The molecule has 0 saturated heterocycles. The predicted octanol–water partition coefficient (Wildman–Crippen LogP) is 5.60. The van der Waals surface area contributed by atoms with Crippen LogP contribution in [-0.2, 0) is 10.9 Å². The highest BCUT2D eigenvalue weighted by Crippen LogP contribution is 2.39. The number of carbonyl (C=O) groups excluding carboxylic acids is 1. The SMILES string of the molecule is CCOC(=O)c1cc(C)n(-c2c(Cl)cc(C(F)(F)F)cc2Cl)c1C. The smallest absolute Gasteiger partial charge is 0.416 e. The van der Waals surface area contributed by atoms with Gasteiger partial charge in [-0.05, 0) is 39.0 Å². The third-order valence-corrected chi connectivity index (χ3v) is 4.07. The average molecular weight is 380 g/mol. The van der Waals surface area contributed by atoms with Crippen molar-refractivity contribution in [2.75, 3.05) is 6.61 Å². The van der Waals surface area contributed by atoms with Crippen molar-refractivity contribution >= 4 is 29.2 Å². The average Bonchev–Trinajstić information content (AvgIpc) is 2.74. The van der Waals surface area contributed by atoms with Crippen LogP contribution in [0.3, 0.4) is 0 Å². The fraction of sp³-hybridized carbons (Fsp3) is 0.312. The van der Waals surface area contributed by atoms with E-state index in [1.807, 2.05) is 0 Å². The molecule has 1 heterocycles. The summed E-state index contributed by atoms with van der Waals surface area (Å²) in [5, 5.41) is -0.320. The minimum atomic E-state index is -4.55. The van der Waals surface area contributed by atoms with Crippen LogP contribution in [0.5, 0.6) is 0 Å². The van der Waals surface area contributed by atoms with E-state index in [1.54, 1.807) is 26.8 Å². The monoisotopic (exact) mass is 379 g/mol. The van der Waals surface area contributed by atoms with Crippen LogP contribution in [0.4, 0.5) is 13.2 Å². The molecule has 0 aliphatic carbocycles. The summed E-state index contributed by atoms with van der Waals surface area (Å²) in [4.78, 5) is 12.0. The summed E-state index contributed by atoms with van der Waals surface area (Å²) in [6.45, 7) is 5.23. The Morgan fingerprint density at radius 1 is 1.17 bits per heavy atom. The lowest BCUT2D eigenvalue weighted by atomic mass is 10.2. The van der Waals surface area contributed by atoms with E-state index in [0.29, 0.717) is 17.0 Å². The number of alkyl halides is 3. The lowest BCUT2D eigenvalue weighted by molar-refractivity contribution is -0.137. The molecule has 0 atom stereocenters. The highest BCUT2D eigenvalue weighted by atomic mass is 35.5. The Labute approximate surface area is 146 Å². The normalized spacial score (nSPS) is 11.7. The molecule has 24 heavy (non-hydrogen) atoms. The van der Waals surface area contributed by atoms with E-state index >= 15 is 0 Å². The van der Waals surface area contributed by atoms with Gasteiger partial charge in [-0.25, -0.2) is 4.79 Å². The molecule has 1 aromatic heterocycles. The van der Waals surface area contributed by atoms with E-state index < -0.39 is 17.7 Å². The number of esters is 1. The van der Waals surface area contributed by atoms with Gasteiger partial charge in [0.05, 0.1) is 33.5 Å². The first-order chi connectivity index (χ1) is 11.1. The van der Waals surface area contributed by atoms with E-state index in [9.17, 15) is 18.0 Å². The zero-order valence-electron chi connectivity index (χ0n) is 13.1. The number of carbonyl (C=O) groups is 1. The number of benzene rings is 1. The highest BCUT2D eigenvalue weighted by molar-refractivity contribution is 6.38. The number of aryl methyl sites for hydroxylation is 1. The first-order valence-corrected chi connectivity index (χ1v) is 7.76. The van der Waals surface area contributed by atoms with Gasteiger partial charge in [-0.1, -0.05) is 23.2 Å². The number of halogens is 5. The molecule has 3 nitrogen and oxygen atoms in total. The summed E-state index contributed by atoms with van der Waals surface area (Å²) in [5.74, 6) is -0.518. The maximum Gasteiger partial charge on any atom is 0.416 e. The van der Waals surface area contributed by atoms with Crippen LogP contribution in [0, 0.1) is 13.8 Å². The molecule has 0 radical (unpaired) electrons. The van der Waals surface area contributed by atoms with Gasteiger partial charge in [0.25, 0.3) is 0 Å². The third-order valence-electron chi connectivity index (χ3n) is 3.49.